The fourth-order valence-corrected chi connectivity index (χ4v) is 3.57. The van der Waals surface area contributed by atoms with Gasteiger partial charge in [0.25, 0.3) is 0 Å². The van der Waals surface area contributed by atoms with Crippen LogP contribution in [0.4, 0.5) is 0 Å². The predicted octanol–water partition coefficient (Wildman–Crippen LogP) is 7.47. The van der Waals surface area contributed by atoms with E-state index >= 15 is 0 Å². The average Bonchev–Trinajstić information content (AvgIpc) is 2.51. The monoisotopic (exact) mass is 310 g/mol. The van der Waals surface area contributed by atoms with E-state index in [-0.39, 0.29) is 5.41 Å². The molecule has 0 amide bonds. The number of carbonyl (C=O) groups excluding carboxylic acids is 1. The molecule has 1 heteroatoms. The second-order valence-corrected chi connectivity index (χ2v) is 7.27. The van der Waals surface area contributed by atoms with Crippen LogP contribution in [0.15, 0.2) is 0 Å². The molecule has 0 aromatic rings. The van der Waals surface area contributed by atoms with E-state index in [4.69, 9.17) is 0 Å². The molecule has 1 nitrogen and oxygen atoms in total. The van der Waals surface area contributed by atoms with Gasteiger partial charge in [-0.1, -0.05) is 97.8 Å². The first-order valence-corrected chi connectivity index (χ1v) is 10.1. The molecule has 0 aromatic carbocycles. The molecular weight excluding hydrogens is 268 g/mol. The van der Waals surface area contributed by atoms with Crippen molar-refractivity contribution in [1.29, 1.82) is 0 Å². The van der Waals surface area contributed by atoms with Crippen LogP contribution in [0, 0.1) is 5.41 Å². The lowest BCUT2D eigenvalue weighted by Crippen LogP contribution is -2.29. The summed E-state index contributed by atoms with van der Waals surface area (Å²) in [5, 5.41) is 0. The van der Waals surface area contributed by atoms with Crippen LogP contribution < -0.4 is 0 Å². The van der Waals surface area contributed by atoms with Crippen LogP contribution >= 0.6 is 0 Å². The highest BCUT2D eigenvalue weighted by Gasteiger charge is 2.33. The third-order valence-corrected chi connectivity index (χ3v) is 5.27. The Hall–Kier alpha value is -0.330. The van der Waals surface area contributed by atoms with Crippen LogP contribution in [0.25, 0.3) is 0 Å². The standard InChI is InChI=1S/C21H42O/c1-5-8-11-14-17-21(20(4)22,18-15-12-9-6-2)19-16-13-10-7-3/h5-19H2,1-4H3. The SMILES string of the molecule is CCCCCCC(CCCCCC)(CCCCCC)C(C)=O. The van der Waals surface area contributed by atoms with Gasteiger partial charge >= 0.3 is 0 Å². The van der Waals surface area contributed by atoms with Gasteiger partial charge in [-0.15, -0.1) is 0 Å². The Morgan fingerprint density at radius 3 is 1.14 bits per heavy atom. The third kappa shape index (κ3) is 9.64. The summed E-state index contributed by atoms with van der Waals surface area (Å²) in [6, 6.07) is 0. The number of rotatable bonds is 16. The Kier molecular flexibility index (Phi) is 14.1. The average molecular weight is 311 g/mol. The quantitative estimate of drug-likeness (QED) is 0.270. The molecule has 0 atom stereocenters. The zero-order valence-electron chi connectivity index (χ0n) is 16.0. The number of ketones is 1. The number of hydrogen-bond acceptors (Lipinski definition) is 1. The van der Waals surface area contributed by atoms with Crippen molar-refractivity contribution >= 4 is 5.78 Å². The van der Waals surface area contributed by atoms with Gasteiger partial charge in [0.15, 0.2) is 0 Å². The fraction of sp³-hybridized carbons (Fsp3) is 0.952. The lowest BCUT2D eigenvalue weighted by atomic mass is 9.71. The maximum atomic E-state index is 12.5. The van der Waals surface area contributed by atoms with E-state index < -0.39 is 0 Å². The molecule has 0 saturated heterocycles. The molecule has 0 N–H and O–H groups in total. The van der Waals surface area contributed by atoms with Crippen LogP contribution in [0.2, 0.25) is 0 Å². The molecule has 0 unspecified atom stereocenters. The van der Waals surface area contributed by atoms with E-state index in [2.05, 4.69) is 20.8 Å². The van der Waals surface area contributed by atoms with Crippen LogP contribution in [-0.2, 0) is 4.79 Å². The lowest BCUT2D eigenvalue weighted by molar-refractivity contribution is -0.128. The molecule has 0 saturated carbocycles. The highest BCUT2D eigenvalue weighted by molar-refractivity contribution is 5.82. The van der Waals surface area contributed by atoms with Gasteiger partial charge in [0, 0.05) is 5.41 Å². The van der Waals surface area contributed by atoms with E-state index in [0.717, 1.165) is 19.3 Å². The van der Waals surface area contributed by atoms with E-state index in [1.165, 1.54) is 77.0 Å². The molecule has 0 aliphatic rings. The first-order valence-electron chi connectivity index (χ1n) is 10.1. The summed E-state index contributed by atoms with van der Waals surface area (Å²) in [5.74, 6) is 0.469. The van der Waals surface area contributed by atoms with Gasteiger partial charge in [0.1, 0.15) is 5.78 Å². The number of carbonyl (C=O) groups is 1. The number of Topliss-reactive ketones (excluding diaryl/α,β-unsaturated/α-hetero) is 1. The third-order valence-electron chi connectivity index (χ3n) is 5.27. The summed E-state index contributed by atoms with van der Waals surface area (Å²) in [4.78, 5) is 12.5. The van der Waals surface area contributed by atoms with E-state index in [0.29, 0.717) is 5.78 Å². The van der Waals surface area contributed by atoms with Gasteiger partial charge in [-0.3, -0.25) is 4.79 Å². The van der Waals surface area contributed by atoms with Crippen molar-refractivity contribution in [1.82, 2.24) is 0 Å². The van der Waals surface area contributed by atoms with Gasteiger partial charge in [-0.2, -0.15) is 0 Å². The Morgan fingerprint density at radius 2 is 0.909 bits per heavy atom. The highest BCUT2D eigenvalue weighted by Crippen LogP contribution is 2.38. The fourth-order valence-electron chi connectivity index (χ4n) is 3.57. The van der Waals surface area contributed by atoms with Crippen molar-refractivity contribution in [3.63, 3.8) is 0 Å². The minimum atomic E-state index is 0.00915. The topological polar surface area (TPSA) is 17.1 Å². The maximum absolute atomic E-state index is 12.5. The molecule has 0 heterocycles. The molecule has 132 valence electrons. The van der Waals surface area contributed by atoms with Gasteiger partial charge in [-0.05, 0) is 26.2 Å². The Labute approximate surface area is 140 Å². The summed E-state index contributed by atoms with van der Waals surface area (Å²) in [7, 11) is 0. The zero-order valence-corrected chi connectivity index (χ0v) is 16.0. The van der Waals surface area contributed by atoms with Gasteiger partial charge in [0.2, 0.25) is 0 Å². The van der Waals surface area contributed by atoms with E-state index in [1.807, 2.05) is 6.92 Å². The molecule has 0 aliphatic heterocycles. The molecule has 0 rings (SSSR count). The zero-order chi connectivity index (χ0) is 16.7. The molecule has 0 aromatic heterocycles. The lowest BCUT2D eigenvalue weighted by Gasteiger charge is -2.32. The highest BCUT2D eigenvalue weighted by atomic mass is 16.1. The van der Waals surface area contributed by atoms with Gasteiger partial charge < -0.3 is 0 Å². The van der Waals surface area contributed by atoms with Gasteiger partial charge in [0.05, 0.1) is 0 Å². The summed E-state index contributed by atoms with van der Waals surface area (Å²) >= 11 is 0. The van der Waals surface area contributed by atoms with Gasteiger partial charge in [-0.25, -0.2) is 0 Å². The van der Waals surface area contributed by atoms with E-state index in [1.54, 1.807) is 0 Å². The van der Waals surface area contributed by atoms with E-state index in [9.17, 15) is 4.79 Å². The van der Waals surface area contributed by atoms with Crippen molar-refractivity contribution in [2.24, 2.45) is 5.41 Å². The molecule has 0 bridgehead atoms. The molecule has 0 spiro atoms. The van der Waals surface area contributed by atoms with Crippen molar-refractivity contribution in [3.8, 4) is 0 Å². The van der Waals surface area contributed by atoms with Crippen molar-refractivity contribution < 1.29 is 4.79 Å². The maximum Gasteiger partial charge on any atom is 0.135 e. The molecule has 0 aliphatic carbocycles. The van der Waals surface area contributed by atoms with Crippen LogP contribution in [-0.4, -0.2) is 5.78 Å². The minimum absolute atomic E-state index is 0.00915. The Bertz CT molecular complexity index is 225. The van der Waals surface area contributed by atoms with Crippen molar-refractivity contribution in [3.05, 3.63) is 0 Å². The normalized spacial score (nSPS) is 11.8. The molecular formula is C21H42O. The number of hydrogen-bond donors (Lipinski definition) is 0. The molecule has 22 heavy (non-hydrogen) atoms. The Morgan fingerprint density at radius 1 is 0.591 bits per heavy atom. The number of unbranched alkanes of at least 4 members (excludes halogenated alkanes) is 9. The first-order chi connectivity index (χ1) is 10.6. The minimum Gasteiger partial charge on any atom is -0.299 e. The summed E-state index contributed by atoms with van der Waals surface area (Å²) < 4.78 is 0. The second kappa shape index (κ2) is 14.3. The van der Waals surface area contributed by atoms with Crippen LogP contribution in [0.1, 0.15) is 124 Å². The summed E-state index contributed by atoms with van der Waals surface area (Å²) in [6.07, 6.45) is 18.8. The van der Waals surface area contributed by atoms with Crippen LogP contribution in [0.3, 0.4) is 0 Å². The summed E-state index contributed by atoms with van der Waals surface area (Å²) in [5.41, 5.74) is 0.00915. The summed E-state index contributed by atoms with van der Waals surface area (Å²) in [6.45, 7) is 8.63. The Balaban J connectivity index is 4.51. The predicted molar refractivity (Wildman–Crippen MR) is 99.4 cm³/mol. The second-order valence-electron chi connectivity index (χ2n) is 7.27. The van der Waals surface area contributed by atoms with Crippen molar-refractivity contribution in [2.75, 3.05) is 0 Å². The van der Waals surface area contributed by atoms with Crippen molar-refractivity contribution in [2.45, 2.75) is 124 Å². The molecule has 0 radical (unpaired) electrons. The van der Waals surface area contributed by atoms with Crippen LogP contribution in [0.5, 0.6) is 0 Å². The smallest absolute Gasteiger partial charge is 0.135 e. The first kappa shape index (κ1) is 21.7. The molecule has 0 fully saturated rings. The largest absolute Gasteiger partial charge is 0.299 e.